The first kappa shape index (κ1) is 12.4. The molecule has 0 amide bonds. The summed E-state index contributed by atoms with van der Waals surface area (Å²) in [6.07, 6.45) is 2.47. The van der Waals surface area contributed by atoms with Crippen molar-refractivity contribution in [1.29, 1.82) is 0 Å². The molecule has 3 aromatic rings. The van der Waals surface area contributed by atoms with Crippen LogP contribution in [-0.2, 0) is 6.42 Å². The van der Waals surface area contributed by atoms with Crippen molar-refractivity contribution in [1.82, 2.24) is 9.97 Å². The second kappa shape index (κ2) is 5.19. The summed E-state index contributed by atoms with van der Waals surface area (Å²) in [5, 5.41) is 6.61. The molecule has 98 valence electrons. The third kappa shape index (κ3) is 2.72. The average Bonchev–Trinajstić information content (AvgIpc) is 2.99. The van der Waals surface area contributed by atoms with Crippen LogP contribution in [0.3, 0.4) is 0 Å². The number of anilines is 1. The summed E-state index contributed by atoms with van der Waals surface area (Å²) >= 11 is 7.49. The second-order valence-corrected chi connectivity index (χ2v) is 5.54. The summed E-state index contributed by atoms with van der Waals surface area (Å²) in [4.78, 5) is 9.35. The van der Waals surface area contributed by atoms with E-state index >= 15 is 0 Å². The van der Waals surface area contributed by atoms with E-state index in [1.165, 1.54) is 0 Å². The molecule has 4 nitrogen and oxygen atoms in total. The highest BCUT2D eigenvalue weighted by atomic mass is 35.5. The first-order valence-corrected chi connectivity index (χ1v) is 7.18. The van der Waals surface area contributed by atoms with E-state index in [1.54, 1.807) is 17.6 Å². The average molecular weight is 294 g/mol. The number of aromatic nitrogens is 2. The van der Waals surface area contributed by atoms with Gasteiger partial charge in [-0.15, -0.1) is 11.3 Å². The molecule has 1 unspecified atom stereocenters. The van der Waals surface area contributed by atoms with E-state index < -0.39 is 0 Å². The Balaban J connectivity index is 1.82. The van der Waals surface area contributed by atoms with Crippen LogP contribution in [-0.4, -0.2) is 16.0 Å². The largest absolute Gasteiger partial charge is 0.469 e. The van der Waals surface area contributed by atoms with E-state index in [9.17, 15) is 0 Å². The summed E-state index contributed by atoms with van der Waals surface area (Å²) in [6, 6.07) is 6.05. The summed E-state index contributed by atoms with van der Waals surface area (Å²) in [7, 11) is 0. The second-order valence-electron chi connectivity index (χ2n) is 4.31. The molecule has 3 aromatic heterocycles. The smallest absolute Gasteiger partial charge is 0.225 e. The summed E-state index contributed by atoms with van der Waals surface area (Å²) in [5.74, 6) is 1.72. The topological polar surface area (TPSA) is 51.0 Å². The molecule has 0 fully saturated rings. The first-order valence-electron chi connectivity index (χ1n) is 5.92. The molecule has 0 aliphatic carbocycles. The lowest BCUT2D eigenvalue weighted by Crippen LogP contribution is -2.18. The minimum Gasteiger partial charge on any atom is -0.469 e. The lowest BCUT2D eigenvalue weighted by molar-refractivity contribution is 0.497. The lowest BCUT2D eigenvalue weighted by atomic mass is 10.2. The van der Waals surface area contributed by atoms with Gasteiger partial charge in [0, 0.05) is 12.5 Å². The van der Waals surface area contributed by atoms with Crippen LogP contribution in [0.1, 0.15) is 12.7 Å². The van der Waals surface area contributed by atoms with Gasteiger partial charge in [0.15, 0.2) is 0 Å². The fraction of sp³-hybridized carbons (Fsp3) is 0.231. The molecule has 3 heterocycles. The molecule has 0 saturated carbocycles. The highest BCUT2D eigenvalue weighted by Crippen LogP contribution is 2.27. The monoisotopic (exact) mass is 293 g/mol. The van der Waals surface area contributed by atoms with E-state index in [4.69, 9.17) is 16.0 Å². The zero-order valence-corrected chi connectivity index (χ0v) is 11.8. The van der Waals surface area contributed by atoms with Crippen LogP contribution in [0.25, 0.3) is 10.2 Å². The maximum absolute atomic E-state index is 5.93. The fourth-order valence-electron chi connectivity index (χ4n) is 1.95. The Morgan fingerprint density at radius 2 is 2.32 bits per heavy atom. The van der Waals surface area contributed by atoms with Gasteiger partial charge >= 0.3 is 0 Å². The highest BCUT2D eigenvalue weighted by molar-refractivity contribution is 7.16. The van der Waals surface area contributed by atoms with Crippen LogP contribution in [0.2, 0.25) is 5.28 Å². The van der Waals surface area contributed by atoms with E-state index in [1.807, 2.05) is 23.6 Å². The Kier molecular flexibility index (Phi) is 3.40. The van der Waals surface area contributed by atoms with Crippen LogP contribution in [0.5, 0.6) is 0 Å². The van der Waals surface area contributed by atoms with Gasteiger partial charge in [-0.05, 0) is 42.1 Å². The van der Waals surface area contributed by atoms with Crippen molar-refractivity contribution in [3.05, 3.63) is 40.9 Å². The van der Waals surface area contributed by atoms with E-state index in [0.717, 1.165) is 28.2 Å². The third-order valence-corrected chi connectivity index (χ3v) is 3.74. The Hall–Kier alpha value is -1.59. The standard InChI is InChI=1S/C13H12ClN3OS/c1-8(7-9-3-2-5-18-9)15-11-10-4-6-19-12(10)17-13(14)16-11/h2-6,8H,7H2,1H3,(H,15,16,17). The molecule has 0 aliphatic heterocycles. The van der Waals surface area contributed by atoms with Crippen molar-refractivity contribution >= 4 is 39.0 Å². The normalized spacial score (nSPS) is 12.7. The van der Waals surface area contributed by atoms with Gasteiger partial charge in [-0.2, -0.15) is 0 Å². The van der Waals surface area contributed by atoms with Crippen LogP contribution in [0.4, 0.5) is 5.82 Å². The SMILES string of the molecule is CC(Cc1ccco1)Nc1nc(Cl)nc2sccc12. The molecule has 0 aliphatic rings. The zero-order chi connectivity index (χ0) is 13.2. The number of furan rings is 1. The third-order valence-electron chi connectivity index (χ3n) is 2.77. The van der Waals surface area contributed by atoms with Crippen LogP contribution >= 0.6 is 22.9 Å². The van der Waals surface area contributed by atoms with Gasteiger partial charge in [-0.1, -0.05) is 0 Å². The van der Waals surface area contributed by atoms with Crippen LogP contribution in [0.15, 0.2) is 34.3 Å². The summed E-state index contributed by atoms with van der Waals surface area (Å²) in [5.41, 5.74) is 0. The molecule has 0 aromatic carbocycles. The van der Waals surface area contributed by atoms with E-state index in [2.05, 4.69) is 22.2 Å². The number of nitrogens with zero attached hydrogens (tertiary/aromatic N) is 2. The van der Waals surface area contributed by atoms with Crippen LogP contribution in [0, 0.1) is 0 Å². The number of thiophene rings is 1. The Bertz CT molecular complexity index is 680. The number of hydrogen-bond donors (Lipinski definition) is 1. The van der Waals surface area contributed by atoms with Crippen molar-refractivity contribution in [3.8, 4) is 0 Å². The molecule has 0 saturated heterocycles. The minimum atomic E-state index is 0.195. The molecule has 0 radical (unpaired) electrons. The predicted octanol–water partition coefficient (Wildman–Crippen LogP) is 3.98. The quantitative estimate of drug-likeness (QED) is 0.739. The lowest BCUT2D eigenvalue weighted by Gasteiger charge is -2.13. The van der Waals surface area contributed by atoms with E-state index in [-0.39, 0.29) is 11.3 Å². The summed E-state index contributed by atoms with van der Waals surface area (Å²) < 4.78 is 5.34. The van der Waals surface area contributed by atoms with Crippen LogP contribution < -0.4 is 5.32 Å². The molecule has 1 N–H and O–H groups in total. The molecule has 0 spiro atoms. The molecule has 0 bridgehead atoms. The van der Waals surface area contributed by atoms with Gasteiger partial charge in [0.2, 0.25) is 5.28 Å². The molecular weight excluding hydrogens is 282 g/mol. The fourth-order valence-corrected chi connectivity index (χ4v) is 2.94. The number of nitrogens with one attached hydrogen (secondary N) is 1. The maximum Gasteiger partial charge on any atom is 0.225 e. The molecule has 1 atom stereocenters. The highest BCUT2D eigenvalue weighted by Gasteiger charge is 2.11. The van der Waals surface area contributed by atoms with Gasteiger partial charge in [0.25, 0.3) is 0 Å². The number of fused-ring (bicyclic) bond motifs is 1. The van der Waals surface area contributed by atoms with Crippen molar-refractivity contribution < 1.29 is 4.42 Å². The zero-order valence-electron chi connectivity index (χ0n) is 10.3. The maximum atomic E-state index is 5.93. The van der Waals surface area contributed by atoms with Gasteiger partial charge in [0.05, 0.1) is 11.6 Å². The van der Waals surface area contributed by atoms with Gasteiger partial charge in [-0.25, -0.2) is 9.97 Å². The number of rotatable bonds is 4. The van der Waals surface area contributed by atoms with Gasteiger partial charge < -0.3 is 9.73 Å². The molecule has 3 rings (SSSR count). The number of hydrogen-bond acceptors (Lipinski definition) is 5. The Labute approximate surface area is 119 Å². The van der Waals surface area contributed by atoms with Crippen molar-refractivity contribution in [3.63, 3.8) is 0 Å². The van der Waals surface area contributed by atoms with E-state index in [0.29, 0.717) is 0 Å². The molecule has 6 heteroatoms. The Morgan fingerprint density at radius 1 is 1.42 bits per heavy atom. The first-order chi connectivity index (χ1) is 9.22. The Morgan fingerprint density at radius 3 is 3.11 bits per heavy atom. The van der Waals surface area contributed by atoms with Crippen molar-refractivity contribution in [2.75, 3.05) is 5.32 Å². The number of halogens is 1. The van der Waals surface area contributed by atoms with Crippen molar-refractivity contribution in [2.45, 2.75) is 19.4 Å². The molecular formula is C13H12ClN3OS. The van der Waals surface area contributed by atoms with Crippen molar-refractivity contribution in [2.24, 2.45) is 0 Å². The summed E-state index contributed by atoms with van der Waals surface area (Å²) in [6.45, 7) is 2.08. The van der Waals surface area contributed by atoms with Gasteiger partial charge in [-0.3, -0.25) is 0 Å². The van der Waals surface area contributed by atoms with Gasteiger partial charge in [0.1, 0.15) is 16.4 Å². The molecule has 19 heavy (non-hydrogen) atoms. The predicted molar refractivity (Wildman–Crippen MR) is 77.9 cm³/mol. The minimum absolute atomic E-state index is 0.195.